The van der Waals surface area contributed by atoms with Gasteiger partial charge in [0.1, 0.15) is 0 Å². The van der Waals surface area contributed by atoms with Crippen LogP contribution in [0.4, 0.5) is 5.69 Å². The molecule has 4 nitrogen and oxygen atoms in total. The zero-order valence-electron chi connectivity index (χ0n) is 13.7. The molecule has 2 fully saturated rings. The number of nitrogens with two attached hydrogens (primary N) is 1. The molecule has 128 valence electrons. The Morgan fingerprint density at radius 2 is 2.00 bits per heavy atom. The van der Waals surface area contributed by atoms with Crippen LogP contribution in [0.2, 0.25) is 5.02 Å². The lowest BCUT2D eigenvalue weighted by Gasteiger charge is -2.44. The number of hydrogen-bond donors (Lipinski definition) is 1. The van der Waals surface area contributed by atoms with Gasteiger partial charge in [-0.15, -0.1) is 12.4 Å². The third-order valence-corrected chi connectivity index (χ3v) is 5.31. The second-order valence-electron chi connectivity index (χ2n) is 7.13. The van der Waals surface area contributed by atoms with Crippen molar-refractivity contribution in [2.75, 3.05) is 24.5 Å². The predicted octanol–water partition coefficient (Wildman–Crippen LogP) is 2.93. The normalized spacial score (nSPS) is 27.8. The second-order valence-corrected chi connectivity index (χ2v) is 7.56. The molecule has 0 saturated carbocycles. The van der Waals surface area contributed by atoms with Crippen LogP contribution in [-0.4, -0.2) is 42.5 Å². The number of rotatable bonds is 2. The first-order chi connectivity index (χ1) is 10.4. The summed E-state index contributed by atoms with van der Waals surface area (Å²) in [4.78, 5) is 17.0. The van der Waals surface area contributed by atoms with Crippen molar-refractivity contribution >= 4 is 35.6 Å². The Hall–Kier alpha value is -0.810. The maximum Gasteiger partial charge on any atom is 0.244 e. The third-order valence-electron chi connectivity index (χ3n) is 5.08. The van der Waals surface area contributed by atoms with E-state index in [2.05, 4.69) is 18.7 Å². The first-order valence-corrected chi connectivity index (χ1v) is 8.33. The third kappa shape index (κ3) is 3.66. The molecule has 2 saturated heterocycles. The summed E-state index contributed by atoms with van der Waals surface area (Å²) in [6.07, 6.45) is 1.82. The maximum atomic E-state index is 12.8. The molecule has 0 radical (unpaired) electrons. The van der Waals surface area contributed by atoms with Crippen LogP contribution in [-0.2, 0) is 4.79 Å². The van der Waals surface area contributed by atoms with Crippen molar-refractivity contribution in [3.8, 4) is 0 Å². The van der Waals surface area contributed by atoms with Crippen LogP contribution in [0.3, 0.4) is 0 Å². The Labute approximate surface area is 149 Å². The quantitative estimate of drug-likeness (QED) is 0.884. The molecular formula is C17H25Cl2N3O. The lowest BCUT2D eigenvalue weighted by Crippen LogP contribution is -2.56. The molecule has 2 aliphatic rings. The van der Waals surface area contributed by atoms with Crippen molar-refractivity contribution in [2.24, 2.45) is 11.1 Å². The Balaban J connectivity index is 0.00000192. The summed E-state index contributed by atoms with van der Waals surface area (Å²) in [5, 5.41) is 0.666. The number of anilines is 1. The van der Waals surface area contributed by atoms with Gasteiger partial charge >= 0.3 is 0 Å². The van der Waals surface area contributed by atoms with Crippen LogP contribution in [0.15, 0.2) is 24.3 Å². The number of nitrogens with zero attached hydrogens (tertiary/aromatic N) is 2. The summed E-state index contributed by atoms with van der Waals surface area (Å²) in [7, 11) is 0. The van der Waals surface area contributed by atoms with Gasteiger partial charge in [0.2, 0.25) is 5.91 Å². The monoisotopic (exact) mass is 357 g/mol. The van der Waals surface area contributed by atoms with Crippen molar-refractivity contribution in [3.05, 3.63) is 29.3 Å². The molecule has 3 rings (SSSR count). The molecule has 2 unspecified atom stereocenters. The van der Waals surface area contributed by atoms with E-state index in [9.17, 15) is 4.79 Å². The summed E-state index contributed by atoms with van der Waals surface area (Å²) in [6, 6.07) is 7.72. The van der Waals surface area contributed by atoms with Crippen LogP contribution in [0.5, 0.6) is 0 Å². The Bertz CT molecular complexity index is 579. The van der Waals surface area contributed by atoms with E-state index in [1.807, 2.05) is 29.2 Å². The molecule has 1 aromatic carbocycles. The summed E-state index contributed by atoms with van der Waals surface area (Å²) in [5.74, 6) is 0.188. The van der Waals surface area contributed by atoms with Gasteiger partial charge in [-0.05, 0) is 36.5 Å². The van der Waals surface area contributed by atoms with Gasteiger partial charge in [-0.2, -0.15) is 0 Å². The van der Waals surface area contributed by atoms with Gasteiger partial charge in [0, 0.05) is 36.4 Å². The van der Waals surface area contributed by atoms with Gasteiger partial charge in [0.25, 0.3) is 0 Å². The van der Waals surface area contributed by atoms with Gasteiger partial charge in [-0.3, -0.25) is 9.69 Å². The zero-order chi connectivity index (χ0) is 15.9. The first kappa shape index (κ1) is 18.5. The van der Waals surface area contributed by atoms with Crippen LogP contribution < -0.4 is 10.6 Å². The van der Waals surface area contributed by atoms with E-state index in [1.54, 1.807) is 0 Å². The number of likely N-dealkylation sites (tertiary alicyclic amines) is 1. The van der Waals surface area contributed by atoms with E-state index < -0.39 is 0 Å². The lowest BCUT2D eigenvalue weighted by molar-refractivity contribution is -0.122. The number of halogens is 2. The Kier molecular flexibility index (Phi) is 5.62. The highest BCUT2D eigenvalue weighted by Crippen LogP contribution is 2.32. The van der Waals surface area contributed by atoms with E-state index in [0.29, 0.717) is 5.02 Å². The summed E-state index contributed by atoms with van der Waals surface area (Å²) >= 11 is 6.05. The average molecular weight is 358 g/mol. The molecule has 0 aliphatic carbocycles. The fraction of sp³-hybridized carbons (Fsp3) is 0.588. The number of carbonyl (C=O) groups is 1. The first-order valence-electron chi connectivity index (χ1n) is 7.95. The molecule has 1 aromatic rings. The van der Waals surface area contributed by atoms with E-state index >= 15 is 0 Å². The summed E-state index contributed by atoms with van der Waals surface area (Å²) < 4.78 is 0. The van der Waals surface area contributed by atoms with Gasteiger partial charge < -0.3 is 10.6 Å². The minimum atomic E-state index is -0.0224. The van der Waals surface area contributed by atoms with Gasteiger partial charge in [-0.1, -0.05) is 31.5 Å². The van der Waals surface area contributed by atoms with Crippen LogP contribution in [0.25, 0.3) is 0 Å². The topological polar surface area (TPSA) is 49.6 Å². The van der Waals surface area contributed by atoms with Gasteiger partial charge in [0.05, 0.1) is 6.04 Å². The van der Waals surface area contributed by atoms with Crippen molar-refractivity contribution in [3.63, 3.8) is 0 Å². The second kappa shape index (κ2) is 6.98. The average Bonchev–Trinajstić information content (AvgIpc) is 2.84. The van der Waals surface area contributed by atoms with E-state index in [4.69, 9.17) is 17.3 Å². The molecule has 0 aromatic heterocycles. The molecule has 0 spiro atoms. The predicted molar refractivity (Wildman–Crippen MR) is 97.4 cm³/mol. The molecule has 23 heavy (non-hydrogen) atoms. The highest BCUT2D eigenvalue weighted by molar-refractivity contribution is 6.30. The van der Waals surface area contributed by atoms with Crippen molar-refractivity contribution < 1.29 is 4.79 Å². The molecule has 1 amide bonds. The smallest absolute Gasteiger partial charge is 0.244 e. The maximum absolute atomic E-state index is 12.8. The number of piperidine rings is 1. The fourth-order valence-corrected chi connectivity index (χ4v) is 3.77. The highest BCUT2D eigenvalue weighted by atomic mass is 35.5. The van der Waals surface area contributed by atoms with Crippen LogP contribution >= 0.6 is 24.0 Å². The fourth-order valence-electron chi connectivity index (χ4n) is 3.59. The minimum absolute atomic E-state index is 0. The van der Waals surface area contributed by atoms with Crippen molar-refractivity contribution in [2.45, 2.75) is 38.8 Å². The highest BCUT2D eigenvalue weighted by Gasteiger charge is 2.42. The van der Waals surface area contributed by atoms with Gasteiger partial charge in [-0.25, -0.2) is 0 Å². The van der Waals surface area contributed by atoms with Crippen molar-refractivity contribution in [1.29, 1.82) is 0 Å². The van der Waals surface area contributed by atoms with E-state index in [0.717, 1.165) is 38.2 Å². The minimum Gasteiger partial charge on any atom is -0.327 e. The summed E-state index contributed by atoms with van der Waals surface area (Å²) in [5.41, 5.74) is 7.16. The van der Waals surface area contributed by atoms with Gasteiger partial charge in [0.15, 0.2) is 0 Å². The lowest BCUT2D eigenvalue weighted by atomic mass is 9.79. The number of benzene rings is 1. The van der Waals surface area contributed by atoms with Crippen LogP contribution in [0.1, 0.15) is 26.7 Å². The molecule has 6 heteroatoms. The SMILES string of the molecule is CC1(C)CN(C2CCN(c3cccc(Cl)c3)C2=O)CCC1N.Cl. The summed E-state index contributed by atoms with van der Waals surface area (Å²) in [6.45, 7) is 6.93. The number of amides is 1. The standard InChI is InChI=1S/C17H24ClN3O.ClH/c1-17(2)11-20(8-7-15(17)19)14-6-9-21(16(14)22)13-5-3-4-12(18)10-13;/h3-5,10,14-15H,6-9,11,19H2,1-2H3;1H. The molecule has 2 atom stereocenters. The molecule has 2 N–H and O–H groups in total. The molecule has 0 bridgehead atoms. The van der Waals surface area contributed by atoms with E-state index in [1.165, 1.54) is 0 Å². The Morgan fingerprint density at radius 1 is 1.26 bits per heavy atom. The zero-order valence-corrected chi connectivity index (χ0v) is 15.2. The molecule has 2 aliphatic heterocycles. The largest absolute Gasteiger partial charge is 0.327 e. The Morgan fingerprint density at radius 3 is 2.65 bits per heavy atom. The van der Waals surface area contributed by atoms with Crippen LogP contribution in [0, 0.1) is 5.41 Å². The van der Waals surface area contributed by atoms with E-state index in [-0.39, 0.29) is 35.8 Å². The molecule has 2 heterocycles. The van der Waals surface area contributed by atoms with Crippen molar-refractivity contribution in [1.82, 2.24) is 4.90 Å². The number of hydrogen-bond acceptors (Lipinski definition) is 3. The number of carbonyl (C=O) groups excluding carboxylic acids is 1. The molecular weight excluding hydrogens is 333 g/mol.